The van der Waals surface area contributed by atoms with Crippen molar-refractivity contribution in [3.8, 4) is 0 Å². The summed E-state index contributed by atoms with van der Waals surface area (Å²) in [5, 5.41) is -0.318. The van der Waals surface area contributed by atoms with Crippen LogP contribution in [0, 0.1) is 0 Å². The number of benzene rings is 1. The van der Waals surface area contributed by atoms with Gasteiger partial charge in [-0.15, -0.1) is 0 Å². The summed E-state index contributed by atoms with van der Waals surface area (Å²) in [5.74, 6) is 0. The lowest BCUT2D eigenvalue weighted by molar-refractivity contribution is 0.577. The first-order valence-corrected chi connectivity index (χ1v) is 7.60. The third-order valence-corrected chi connectivity index (χ3v) is 6.24. The van der Waals surface area contributed by atoms with Crippen LogP contribution in [0.15, 0.2) is 33.6 Å². The van der Waals surface area contributed by atoms with Gasteiger partial charge in [-0.1, -0.05) is 12.1 Å². The number of hydrogen-bond donors (Lipinski definition) is 1. The zero-order valence-electron chi connectivity index (χ0n) is 8.77. The van der Waals surface area contributed by atoms with E-state index in [-0.39, 0.29) is 11.3 Å². The first-order chi connectivity index (χ1) is 7.51. The van der Waals surface area contributed by atoms with Crippen molar-refractivity contribution in [1.82, 2.24) is 0 Å². The average Bonchev–Trinajstić information content (AvgIpc) is 2.66. The Morgan fingerprint density at radius 3 is 2.50 bits per heavy atom. The summed E-state index contributed by atoms with van der Waals surface area (Å²) in [7, 11) is -3.23. The third kappa shape index (κ3) is 2.17. The number of hydrogen-bond acceptors (Lipinski definition) is 3. The molecular formula is C11H14BrNO2S. The van der Waals surface area contributed by atoms with E-state index >= 15 is 0 Å². The summed E-state index contributed by atoms with van der Waals surface area (Å²) in [6, 6.07) is 6.98. The van der Waals surface area contributed by atoms with E-state index in [1.54, 1.807) is 18.2 Å². The Hall–Kier alpha value is -0.390. The van der Waals surface area contributed by atoms with Gasteiger partial charge >= 0.3 is 0 Å². The van der Waals surface area contributed by atoms with Gasteiger partial charge in [0.15, 0.2) is 9.84 Å². The maximum atomic E-state index is 12.3. The van der Waals surface area contributed by atoms with E-state index in [1.165, 1.54) is 0 Å². The molecule has 1 aliphatic carbocycles. The van der Waals surface area contributed by atoms with Crippen LogP contribution < -0.4 is 5.73 Å². The largest absolute Gasteiger partial charge is 0.328 e. The van der Waals surface area contributed by atoms with Crippen LogP contribution in [0.25, 0.3) is 0 Å². The van der Waals surface area contributed by atoms with Gasteiger partial charge in [0.25, 0.3) is 0 Å². The fraction of sp³-hybridized carbons (Fsp3) is 0.455. The van der Waals surface area contributed by atoms with E-state index in [1.807, 2.05) is 6.07 Å². The maximum absolute atomic E-state index is 12.3. The summed E-state index contributed by atoms with van der Waals surface area (Å²) in [6.45, 7) is 0. The Balaban J connectivity index is 2.36. The molecule has 1 fully saturated rings. The van der Waals surface area contributed by atoms with Crippen LogP contribution in [0.4, 0.5) is 0 Å². The van der Waals surface area contributed by atoms with Crippen LogP contribution in [0.5, 0.6) is 0 Å². The van der Waals surface area contributed by atoms with Gasteiger partial charge in [0.1, 0.15) is 0 Å². The van der Waals surface area contributed by atoms with Crippen LogP contribution in [0.2, 0.25) is 0 Å². The molecule has 0 saturated heterocycles. The molecule has 0 aromatic heterocycles. The molecule has 5 heteroatoms. The molecule has 0 radical (unpaired) electrons. The molecule has 1 saturated carbocycles. The van der Waals surface area contributed by atoms with Gasteiger partial charge in [-0.05, 0) is 47.3 Å². The van der Waals surface area contributed by atoms with Gasteiger partial charge in [0.05, 0.1) is 10.1 Å². The van der Waals surface area contributed by atoms with Crippen LogP contribution in [-0.4, -0.2) is 19.7 Å². The smallest absolute Gasteiger partial charge is 0.182 e. The molecule has 0 aliphatic heterocycles. The zero-order valence-corrected chi connectivity index (χ0v) is 11.2. The fourth-order valence-electron chi connectivity index (χ4n) is 2.11. The second-order valence-electron chi connectivity index (χ2n) is 4.17. The molecule has 1 aromatic carbocycles. The number of rotatable bonds is 2. The van der Waals surface area contributed by atoms with Crippen LogP contribution in [0.1, 0.15) is 19.3 Å². The van der Waals surface area contributed by atoms with Crippen molar-refractivity contribution >= 4 is 25.8 Å². The van der Waals surface area contributed by atoms with Crippen LogP contribution in [-0.2, 0) is 9.84 Å². The predicted molar refractivity (Wildman–Crippen MR) is 66.9 cm³/mol. The van der Waals surface area contributed by atoms with E-state index < -0.39 is 9.84 Å². The summed E-state index contributed by atoms with van der Waals surface area (Å²) in [4.78, 5) is 0.383. The molecule has 3 nitrogen and oxygen atoms in total. The van der Waals surface area contributed by atoms with E-state index in [0.717, 1.165) is 6.42 Å². The standard InChI is InChI=1S/C11H14BrNO2S/c12-10-3-1-2-4-11(10)16(14,15)9-6-5-8(13)7-9/h1-4,8-9H,5-7,13H2. The Bertz CT molecular complexity index is 487. The number of sulfone groups is 1. The summed E-state index contributed by atoms with van der Waals surface area (Å²) in [6.07, 6.45) is 2.04. The summed E-state index contributed by atoms with van der Waals surface area (Å²) in [5.41, 5.74) is 5.76. The minimum atomic E-state index is -3.23. The Morgan fingerprint density at radius 1 is 1.25 bits per heavy atom. The molecule has 0 heterocycles. The van der Waals surface area contributed by atoms with Crippen molar-refractivity contribution < 1.29 is 8.42 Å². The lowest BCUT2D eigenvalue weighted by Gasteiger charge is -2.12. The highest BCUT2D eigenvalue weighted by molar-refractivity contribution is 9.10. The van der Waals surface area contributed by atoms with Gasteiger partial charge < -0.3 is 5.73 Å². The van der Waals surface area contributed by atoms with Gasteiger partial charge in [0.2, 0.25) is 0 Å². The monoisotopic (exact) mass is 303 g/mol. The molecule has 88 valence electrons. The molecule has 2 unspecified atom stereocenters. The van der Waals surface area contributed by atoms with Crippen molar-refractivity contribution in [3.63, 3.8) is 0 Å². The van der Waals surface area contributed by atoms with Gasteiger partial charge in [0, 0.05) is 10.5 Å². The molecule has 1 aromatic rings. The SMILES string of the molecule is NC1CCC(S(=O)(=O)c2ccccc2Br)C1. The number of halogens is 1. The molecule has 0 spiro atoms. The molecule has 2 atom stereocenters. The molecule has 0 amide bonds. The average molecular weight is 304 g/mol. The van der Waals surface area contributed by atoms with E-state index in [2.05, 4.69) is 15.9 Å². The zero-order chi connectivity index (χ0) is 11.8. The van der Waals surface area contributed by atoms with Crippen molar-refractivity contribution in [3.05, 3.63) is 28.7 Å². The molecule has 2 N–H and O–H groups in total. The molecular weight excluding hydrogens is 290 g/mol. The highest BCUT2D eigenvalue weighted by atomic mass is 79.9. The van der Waals surface area contributed by atoms with Gasteiger partial charge in [-0.25, -0.2) is 8.42 Å². The normalized spacial score (nSPS) is 25.9. The Labute approximate surface area is 104 Å². The molecule has 1 aliphatic rings. The van der Waals surface area contributed by atoms with Gasteiger partial charge in [-0.3, -0.25) is 0 Å². The second kappa shape index (κ2) is 4.47. The first kappa shape index (κ1) is 12.1. The predicted octanol–water partition coefficient (Wildman–Crippen LogP) is 2.10. The lowest BCUT2D eigenvalue weighted by atomic mass is 10.3. The Morgan fingerprint density at radius 2 is 1.94 bits per heavy atom. The minimum Gasteiger partial charge on any atom is -0.328 e. The first-order valence-electron chi connectivity index (χ1n) is 5.26. The maximum Gasteiger partial charge on any atom is 0.182 e. The van der Waals surface area contributed by atoms with E-state index in [9.17, 15) is 8.42 Å². The second-order valence-corrected chi connectivity index (χ2v) is 7.22. The highest BCUT2D eigenvalue weighted by Gasteiger charge is 2.34. The van der Waals surface area contributed by atoms with Crippen LogP contribution in [0.3, 0.4) is 0 Å². The summed E-state index contributed by atoms with van der Waals surface area (Å²) >= 11 is 3.28. The van der Waals surface area contributed by atoms with Crippen LogP contribution >= 0.6 is 15.9 Å². The van der Waals surface area contributed by atoms with Crippen molar-refractivity contribution in [1.29, 1.82) is 0 Å². The lowest BCUT2D eigenvalue weighted by Crippen LogP contribution is -2.22. The minimum absolute atomic E-state index is 0.0299. The van der Waals surface area contributed by atoms with Crippen molar-refractivity contribution in [2.75, 3.05) is 0 Å². The van der Waals surface area contributed by atoms with E-state index in [4.69, 9.17) is 5.73 Å². The third-order valence-electron chi connectivity index (χ3n) is 3.01. The molecule has 16 heavy (non-hydrogen) atoms. The number of nitrogens with two attached hydrogens (primary N) is 1. The van der Waals surface area contributed by atoms with Crippen molar-refractivity contribution in [2.45, 2.75) is 35.4 Å². The summed E-state index contributed by atoms with van der Waals surface area (Å²) < 4.78 is 25.3. The molecule has 2 rings (SSSR count). The molecule has 0 bridgehead atoms. The van der Waals surface area contributed by atoms with E-state index in [0.29, 0.717) is 22.2 Å². The highest BCUT2D eigenvalue weighted by Crippen LogP contribution is 2.32. The topological polar surface area (TPSA) is 60.2 Å². The van der Waals surface area contributed by atoms with Crippen molar-refractivity contribution in [2.24, 2.45) is 5.73 Å². The fourth-order valence-corrected chi connectivity index (χ4v) is 4.99. The quantitative estimate of drug-likeness (QED) is 0.910. The van der Waals surface area contributed by atoms with Gasteiger partial charge in [-0.2, -0.15) is 0 Å². The Kier molecular flexibility index (Phi) is 3.37.